The van der Waals surface area contributed by atoms with Gasteiger partial charge in [-0.05, 0) is 17.7 Å². The Morgan fingerprint density at radius 2 is 1.67 bits per heavy atom. The maximum absolute atomic E-state index is 11.9. The summed E-state index contributed by atoms with van der Waals surface area (Å²) in [6.45, 7) is 0. The number of hydrogen-bond acceptors (Lipinski definition) is 2. The van der Waals surface area contributed by atoms with E-state index in [1.807, 2.05) is 30.3 Å². The molecule has 0 radical (unpaired) electrons. The van der Waals surface area contributed by atoms with Crippen LogP contribution in [0.5, 0.6) is 0 Å². The van der Waals surface area contributed by atoms with Crippen LogP contribution in [0.3, 0.4) is 0 Å². The summed E-state index contributed by atoms with van der Waals surface area (Å²) >= 11 is 19.3. The van der Waals surface area contributed by atoms with E-state index in [1.165, 1.54) is 23.4 Å². The second-order valence-electron chi connectivity index (χ2n) is 4.27. The predicted molar refractivity (Wildman–Crippen MR) is 92.7 cm³/mol. The molecule has 1 amide bonds. The second kappa shape index (κ2) is 7.95. The number of hydrogen-bond donors (Lipinski definition) is 1. The van der Waals surface area contributed by atoms with Crippen molar-refractivity contribution in [3.05, 3.63) is 63.1 Å². The molecule has 2 rings (SSSR count). The van der Waals surface area contributed by atoms with Gasteiger partial charge in [0.15, 0.2) is 0 Å². The van der Waals surface area contributed by atoms with Crippen LogP contribution in [-0.4, -0.2) is 11.7 Å². The molecule has 1 N–H and O–H groups in total. The molecule has 0 atom stereocenters. The highest BCUT2D eigenvalue weighted by atomic mass is 35.5. The first-order valence-electron chi connectivity index (χ1n) is 6.12. The van der Waals surface area contributed by atoms with Gasteiger partial charge in [-0.25, -0.2) is 0 Å². The Morgan fingerprint density at radius 1 is 1.00 bits per heavy atom. The molecule has 0 bridgehead atoms. The minimum atomic E-state index is -0.128. The first-order valence-corrected chi connectivity index (χ1v) is 8.41. The predicted octanol–water partition coefficient (Wildman–Crippen LogP) is 5.52. The molecule has 0 saturated carbocycles. The van der Waals surface area contributed by atoms with Crippen molar-refractivity contribution in [2.45, 2.75) is 5.75 Å². The van der Waals surface area contributed by atoms with Gasteiger partial charge in [-0.1, -0.05) is 65.1 Å². The molecule has 0 saturated heterocycles. The molecule has 0 heterocycles. The van der Waals surface area contributed by atoms with Gasteiger partial charge in [0.1, 0.15) is 0 Å². The van der Waals surface area contributed by atoms with Crippen molar-refractivity contribution >= 4 is 58.2 Å². The van der Waals surface area contributed by atoms with Crippen molar-refractivity contribution < 1.29 is 4.79 Å². The number of rotatable bonds is 5. The molecule has 0 fully saturated rings. The zero-order valence-electron chi connectivity index (χ0n) is 10.9. The summed E-state index contributed by atoms with van der Waals surface area (Å²) in [5, 5.41) is 3.81. The van der Waals surface area contributed by atoms with Crippen LogP contribution in [0, 0.1) is 0 Å². The molecule has 0 aliphatic rings. The summed E-state index contributed by atoms with van der Waals surface area (Å²) in [5.41, 5.74) is 1.65. The van der Waals surface area contributed by atoms with Gasteiger partial charge in [-0.15, -0.1) is 11.8 Å². The number of nitrogens with one attached hydrogen (secondary N) is 1. The third-order valence-corrected chi connectivity index (χ3v) is 4.67. The molecule has 2 nitrogen and oxygen atoms in total. The van der Waals surface area contributed by atoms with Gasteiger partial charge in [0, 0.05) is 5.75 Å². The van der Waals surface area contributed by atoms with Gasteiger partial charge in [-0.2, -0.15) is 0 Å². The highest BCUT2D eigenvalue weighted by Crippen LogP contribution is 2.32. The average Bonchev–Trinajstić information content (AvgIpc) is 2.46. The van der Waals surface area contributed by atoms with Gasteiger partial charge >= 0.3 is 0 Å². The largest absolute Gasteiger partial charge is 0.324 e. The van der Waals surface area contributed by atoms with E-state index in [9.17, 15) is 4.79 Å². The van der Waals surface area contributed by atoms with E-state index in [0.29, 0.717) is 26.5 Å². The van der Waals surface area contributed by atoms with Gasteiger partial charge in [0.2, 0.25) is 5.91 Å². The lowest BCUT2D eigenvalue weighted by Gasteiger charge is -2.08. The molecule has 6 heteroatoms. The fraction of sp³-hybridized carbons (Fsp3) is 0.133. The van der Waals surface area contributed by atoms with Crippen LogP contribution < -0.4 is 5.32 Å². The van der Waals surface area contributed by atoms with E-state index in [0.717, 1.165) is 5.75 Å². The lowest BCUT2D eigenvalue weighted by molar-refractivity contribution is -0.113. The lowest BCUT2D eigenvalue weighted by Crippen LogP contribution is -2.14. The highest BCUT2D eigenvalue weighted by Gasteiger charge is 2.09. The Labute approximate surface area is 142 Å². The van der Waals surface area contributed by atoms with Crippen molar-refractivity contribution in [1.82, 2.24) is 0 Å². The van der Waals surface area contributed by atoms with Crippen LogP contribution in [0.25, 0.3) is 0 Å². The first-order chi connectivity index (χ1) is 10.1. The molecular formula is C15H12Cl3NOS. The van der Waals surface area contributed by atoms with E-state index in [1.54, 1.807) is 6.07 Å². The maximum Gasteiger partial charge on any atom is 0.234 e. The monoisotopic (exact) mass is 359 g/mol. The van der Waals surface area contributed by atoms with E-state index in [4.69, 9.17) is 34.8 Å². The fourth-order valence-corrected chi connectivity index (χ4v) is 3.02. The number of anilines is 1. The van der Waals surface area contributed by atoms with Crippen LogP contribution >= 0.6 is 46.6 Å². The third kappa shape index (κ3) is 5.11. The van der Waals surface area contributed by atoms with Gasteiger partial charge in [-0.3, -0.25) is 4.79 Å². The maximum atomic E-state index is 11.9. The Balaban J connectivity index is 1.86. The Bertz CT molecular complexity index is 634. The quantitative estimate of drug-likeness (QED) is 0.711. The molecule has 0 aliphatic carbocycles. The molecule has 2 aromatic carbocycles. The van der Waals surface area contributed by atoms with E-state index in [2.05, 4.69) is 5.32 Å². The number of benzene rings is 2. The van der Waals surface area contributed by atoms with Crippen molar-refractivity contribution in [3.63, 3.8) is 0 Å². The molecule has 0 spiro atoms. The Hall–Kier alpha value is -0.870. The molecule has 0 unspecified atom stereocenters. The lowest BCUT2D eigenvalue weighted by atomic mass is 10.2. The molecule has 0 aromatic heterocycles. The van der Waals surface area contributed by atoms with Gasteiger partial charge in [0.25, 0.3) is 0 Å². The van der Waals surface area contributed by atoms with E-state index >= 15 is 0 Å². The number of halogens is 3. The SMILES string of the molecule is O=C(CSCc1ccccc1)Nc1cc(Cl)c(Cl)cc1Cl. The number of thioether (sulfide) groups is 1. The van der Waals surface area contributed by atoms with Crippen LogP contribution in [0.4, 0.5) is 5.69 Å². The van der Waals surface area contributed by atoms with E-state index < -0.39 is 0 Å². The number of amides is 1. The van der Waals surface area contributed by atoms with Crippen molar-refractivity contribution in [1.29, 1.82) is 0 Å². The minimum Gasteiger partial charge on any atom is -0.324 e. The Kier molecular flexibility index (Phi) is 6.24. The van der Waals surface area contributed by atoms with Crippen LogP contribution in [0.15, 0.2) is 42.5 Å². The average molecular weight is 361 g/mol. The van der Waals surface area contributed by atoms with Crippen molar-refractivity contribution in [2.24, 2.45) is 0 Å². The highest BCUT2D eigenvalue weighted by molar-refractivity contribution is 7.99. The molecular weight excluding hydrogens is 349 g/mol. The second-order valence-corrected chi connectivity index (χ2v) is 6.48. The minimum absolute atomic E-state index is 0.128. The standard InChI is InChI=1S/C15H12Cl3NOS/c16-11-6-13(18)14(7-12(11)17)19-15(20)9-21-8-10-4-2-1-3-5-10/h1-7H,8-9H2,(H,19,20). The summed E-state index contributed by atoms with van der Waals surface area (Å²) in [6.07, 6.45) is 0. The summed E-state index contributed by atoms with van der Waals surface area (Å²) in [4.78, 5) is 11.9. The fourth-order valence-electron chi connectivity index (χ4n) is 1.64. The zero-order chi connectivity index (χ0) is 15.2. The number of carbonyl (C=O) groups excluding carboxylic acids is 1. The van der Waals surface area contributed by atoms with Crippen LogP contribution in [0.2, 0.25) is 15.1 Å². The summed E-state index contributed by atoms with van der Waals surface area (Å²) in [6, 6.07) is 13.0. The molecule has 110 valence electrons. The Morgan fingerprint density at radius 3 is 2.38 bits per heavy atom. The first kappa shape index (κ1) is 16.5. The normalized spacial score (nSPS) is 10.4. The summed E-state index contributed by atoms with van der Waals surface area (Å²) in [5.74, 6) is 0.991. The number of carbonyl (C=O) groups is 1. The van der Waals surface area contributed by atoms with Crippen LogP contribution in [-0.2, 0) is 10.5 Å². The van der Waals surface area contributed by atoms with E-state index in [-0.39, 0.29) is 5.91 Å². The smallest absolute Gasteiger partial charge is 0.234 e. The topological polar surface area (TPSA) is 29.1 Å². The van der Waals surface area contributed by atoms with Gasteiger partial charge in [0.05, 0.1) is 26.5 Å². The summed E-state index contributed by atoms with van der Waals surface area (Å²) < 4.78 is 0. The molecule has 21 heavy (non-hydrogen) atoms. The third-order valence-electron chi connectivity index (χ3n) is 2.63. The summed E-state index contributed by atoms with van der Waals surface area (Å²) in [7, 11) is 0. The van der Waals surface area contributed by atoms with Crippen LogP contribution in [0.1, 0.15) is 5.56 Å². The zero-order valence-corrected chi connectivity index (χ0v) is 14.0. The van der Waals surface area contributed by atoms with Crippen molar-refractivity contribution in [3.8, 4) is 0 Å². The molecule has 0 aliphatic heterocycles. The van der Waals surface area contributed by atoms with Crippen molar-refractivity contribution in [2.75, 3.05) is 11.1 Å². The van der Waals surface area contributed by atoms with Gasteiger partial charge < -0.3 is 5.32 Å². The molecule has 2 aromatic rings.